The van der Waals surface area contributed by atoms with Gasteiger partial charge >= 0.3 is 0 Å². The first-order chi connectivity index (χ1) is 9.20. The molecule has 1 atom stereocenters. The molecule has 0 bridgehead atoms. The van der Waals surface area contributed by atoms with Crippen molar-refractivity contribution in [2.45, 2.75) is 24.9 Å². The third kappa shape index (κ3) is 3.82. The molecule has 0 spiro atoms. The van der Waals surface area contributed by atoms with E-state index in [4.69, 9.17) is 0 Å². The summed E-state index contributed by atoms with van der Waals surface area (Å²) in [5, 5.41) is 4.48. The van der Waals surface area contributed by atoms with E-state index >= 15 is 0 Å². The van der Waals surface area contributed by atoms with Crippen molar-refractivity contribution < 1.29 is 0 Å². The zero-order chi connectivity index (χ0) is 13.7. The standard InChI is InChI=1S/C16H20N2S/c1-12-7-8-14(13(2)10-12)15(17-3)11-19-16-6-4-5-9-18-16/h4-10,15,17H,11H2,1-3H3. The van der Waals surface area contributed by atoms with Crippen molar-refractivity contribution in [1.29, 1.82) is 0 Å². The van der Waals surface area contributed by atoms with Crippen molar-refractivity contribution in [3.8, 4) is 0 Å². The molecule has 2 nitrogen and oxygen atoms in total. The molecule has 0 saturated heterocycles. The van der Waals surface area contributed by atoms with Gasteiger partial charge in [0.25, 0.3) is 0 Å². The molecular formula is C16H20N2S. The minimum atomic E-state index is 0.354. The van der Waals surface area contributed by atoms with Gasteiger partial charge in [-0.15, -0.1) is 11.8 Å². The Bertz CT molecular complexity index is 526. The Hall–Kier alpha value is -1.32. The number of aromatic nitrogens is 1. The summed E-state index contributed by atoms with van der Waals surface area (Å²) >= 11 is 1.79. The Morgan fingerprint density at radius 1 is 1.21 bits per heavy atom. The summed E-state index contributed by atoms with van der Waals surface area (Å²) in [5.41, 5.74) is 4.03. The van der Waals surface area contributed by atoms with Gasteiger partial charge in [-0.3, -0.25) is 0 Å². The number of nitrogens with one attached hydrogen (secondary N) is 1. The second-order valence-electron chi connectivity index (χ2n) is 4.68. The fourth-order valence-corrected chi connectivity index (χ4v) is 3.14. The van der Waals surface area contributed by atoms with Crippen molar-refractivity contribution in [2.24, 2.45) is 0 Å². The number of thioether (sulfide) groups is 1. The molecule has 0 aliphatic rings. The third-order valence-corrected chi connectivity index (χ3v) is 4.22. The van der Waals surface area contributed by atoms with E-state index in [0.717, 1.165) is 10.8 Å². The molecule has 1 aromatic heterocycles. The van der Waals surface area contributed by atoms with Crippen molar-refractivity contribution in [2.75, 3.05) is 12.8 Å². The van der Waals surface area contributed by atoms with E-state index in [1.807, 2.05) is 25.4 Å². The monoisotopic (exact) mass is 272 g/mol. The van der Waals surface area contributed by atoms with Crippen LogP contribution in [0.15, 0.2) is 47.6 Å². The largest absolute Gasteiger partial charge is 0.312 e. The molecule has 2 rings (SSSR count). The minimum Gasteiger partial charge on any atom is -0.312 e. The highest BCUT2D eigenvalue weighted by molar-refractivity contribution is 7.99. The number of hydrogen-bond acceptors (Lipinski definition) is 3. The second-order valence-corrected chi connectivity index (χ2v) is 5.72. The fraction of sp³-hybridized carbons (Fsp3) is 0.312. The quantitative estimate of drug-likeness (QED) is 0.839. The summed E-state index contributed by atoms with van der Waals surface area (Å²) in [6, 6.07) is 13.0. The molecule has 0 amide bonds. The molecule has 0 radical (unpaired) electrons. The zero-order valence-corrected chi connectivity index (χ0v) is 12.5. The maximum Gasteiger partial charge on any atom is 0.0960 e. The van der Waals surface area contributed by atoms with E-state index in [1.54, 1.807) is 11.8 Å². The van der Waals surface area contributed by atoms with Crippen LogP contribution < -0.4 is 5.32 Å². The van der Waals surface area contributed by atoms with Crippen LogP contribution in [0, 0.1) is 13.8 Å². The third-order valence-electron chi connectivity index (χ3n) is 3.18. The van der Waals surface area contributed by atoms with Crippen LogP contribution in [-0.2, 0) is 0 Å². The molecule has 19 heavy (non-hydrogen) atoms. The number of nitrogens with zero attached hydrogens (tertiary/aromatic N) is 1. The molecule has 1 unspecified atom stereocenters. The van der Waals surface area contributed by atoms with Crippen LogP contribution in [0.4, 0.5) is 0 Å². The summed E-state index contributed by atoms with van der Waals surface area (Å²) in [7, 11) is 2.02. The van der Waals surface area contributed by atoms with Crippen LogP contribution in [0.3, 0.4) is 0 Å². The Balaban J connectivity index is 2.08. The first-order valence-electron chi connectivity index (χ1n) is 6.49. The summed E-state index contributed by atoms with van der Waals surface area (Å²) in [4.78, 5) is 4.35. The molecule has 2 aromatic rings. The molecule has 1 aromatic carbocycles. The van der Waals surface area contributed by atoms with Crippen molar-refractivity contribution in [3.63, 3.8) is 0 Å². The first-order valence-corrected chi connectivity index (χ1v) is 7.47. The van der Waals surface area contributed by atoms with Crippen LogP contribution >= 0.6 is 11.8 Å². The lowest BCUT2D eigenvalue weighted by molar-refractivity contribution is 0.657. The summed E-state index contributed by atoms with van der Waals surface area (Å²) < 4.78 is 0. The fourth-order valence-electron chi connectivity index (χ4n) is 2.15. The zero-order valence-electron chi connectivity index (χ0n) is 11.7. The normalized spacial score (nSPS) is 12.4. The number of benzene rings is 1. The van der Waals surface area contributed by atoms with Gasteiger partial charge < -0.3 is 5.32 Å². The molecule has 0 aliphatic heterocycles. The van der Waals surface area contributed by atoms with Crippen LogP contribution in [0.5, 0.6) is 0 Å². The van der Waals surface area contributed by atoms with E-state index in [0.29, 0.717) is 6.04 Å². The van der Waals surface area contributed by atoms with E-state index in [2.05, 4.69) is 48.4 Å². The van der Waals surface area contributed by atoms with Gasteiger partial charge in [0.2, 0.25) is 0 Å². The molecular weight excluding hydrogens is 252 g/mol. The summed E-state index contributed by atoms with van der Waals surface area (Å²) in [6.45, 7) is 4.31. The molecule has 1 N–H and O–H groups in total. The Morgan fingerprint density at radius 3 is 2.68 bits per heavy atom. The Kier molecular flexibility index (Phi) is 5.00. The number of hydrogen-bond donors (Lipinski definition) is 1. The van der Waals surface area contributed by atoms with Crippen LogP contribution in [0.2, 0.25) is 0 Å². The molecule has 100 valence electrons. The number of rotatable bonds is 5. The van der Waals surface area contributed by atoms with Gasteiger partial charge in [-0.25, -0.2) is 4.98 Å². The van der Waals surface area contributed by atoms with Crippen molar-refractivity contribution >= 4 is 11.8 Å². The Labute approximate surface area is 119 Å². The van der Waals surface area contributed by atoms with Gasteiger partial charge in [0, 0.05) is 18.0 Å². The molecule has 1 heterocycles. The predicted octanol–water partition coefficient (Wildman–Crippen LogP) is 3.75. The van der Waals surface area contributed by atoms with Gasteiger partial charge in [0.05, 0.1) is 5.03 Å². The average molecular weight is 272 g/mol. The first kappa shape index (κ1) is 14.1. The average Bonchev–Trinajstić information content (AvgIpc) is 2.42. The highest BCUT2D eigenvalue weighted by Gasteiger charge is 2.12. The molecule has 0 saturated carbocycles. The lowest BCUT2D eigenvalue weighted by atomic mass is 10.0. The van der Waals surface area contributed by atoms with Gasteiger partial charge in [-0.1, -0.05) is 29.8 Å². The summed E-state index contributed by atoms with van der Waals surface area (Å²) in [6.07, 6.45) is 1.84. The molecule has 0 aliphatic carbocycles. The Morgan fingerprint density at radius 2 is 2.05 bits per heavy atom. The second kappa shape index (κ2) is 6.73. The summed E-state index contributed by atoms with van der Waals surface area (Å²) in [5.74, 6) is 0.984. The van der Waals surface area contributed by atoms with Gasteiger partial charge in [-0.05, 0) is 44.2 Å². The molecule has 3 heteroatoms. The van der Waals surface area contributed by atoms with Crippen molar-refractivity contribution in [3.05, 3.63) is 59.3 Å². The van der Waals surface area contributed by atoms with Gasteiger partial charge in [0.15, 0.2) is 0 Å². The smallest absolute Gasteiger partial charge is 0.0960 e. The van der Waals surface area contributed by atoms with Crippen molar-refractivity contribution in [1.82, 2.24) is 10.3 Å². The number of aryl methyl sites for hydroxylation is 2. The van der Waals surface area contributed by atoms with E-state index in [1.165, 1.54) is 16.7 Å². The minimum absolute atomic E-state index is 0.354. The van der Waals surface area contributed by atoms with Gasteiger partial charge in [0.1, 0.15) is 0 Å². The SMILES string of the molecule is CNC(CSc1ccccn1)c1ccc(C)cc1C. The lowest BCUT2D eigenvalue weighted by Gasteiger charge is -2.18. The maximum absolute atomic E-state index is 4.35. The van der Waals surface area contributed by atoms with Crippen LogP contribution in [-0.4, -0.2) is 17.8 Å². The van der Waals surface area contributed by atoms with E-state index in [-0.39, 0.29) is 0 Å². The highest BCUT2D eigenvalue weighted by Crippen LogP contribution is 2.25. The van der Waals surface area contributed by atoms with E-state index < -0.39 is 0 Å². The van der Waals surface area contributed by atoms with Crippen LogP contribution in [0.25, 0.3) is 0 Å². The lowest BCUT2D eigenvalue weighted by Crippen LogP contribution is -2.19. The number of pyridine rings is 1. The predicted molar refractivity (Wildman–Crippen MR) is 82.7 cm³/mol. The van der Waals surface area contributed by atoms with E-state index in [9.17, 15) is 0 Å². The molecule has 0 fully saturated rings. The van der Waals surface area contributed by atoms with Crippen LogP contribution in [0.1, 0.15) is 22.7 Å². The maximum atomic E-state index is 4.35. The van der Waals surface area contributed by atoms with Gasteiger partial charge in [-0.2, -0.15) is 0 Å². The highest BCUT2D eigenvalue weighted by atomic mass is 32.2. The topological polar surface area (TPSA) is 24.9 Å².